The molecule has 0 heterocycles. The molecule has 0 aliphatic heterocycles. The average molecular weight is 156 g/mol. The van der Waals surface area contributed by atoms with Crippen LogP contribution >= 0.6 is 0 Å². The number of aliphatic hydroxyl groups excluding tert-OH is 1. The van der Waals surface area contributed by atoms with Crippen molar-refractivity contribution < 1.29 is 5.11 Å². The summed E-state index contributed by atoms with van der Waals surface area (Å²) in [7, 11) is 0. The zero-order valence-corrected chi connectivity index (χ0v) is 7.71. The van der Waals surface area contributed by atoms with Gasteiger partial charge in [0.05, 0.1) is 6.10 Å². The summed E-state index contributed by atoms with van der Waals surface area (Å²) in [6.07, 6.45) is 9.44. The Balaban J connectivity index is 3.10. The number of unbranched alkanes of at least 4 members (excludes halogenated alkanes) is 3. The van der Waals surface area contributed by atoms with Crippen LogP contribution in [-0.2, 0) is 0 Å². The first-order chi connectivity index (χ1) is 5.31. The first-order valence-corrected chi connectivity index (χ1v) is 4.62. The van der Waals surface area contributed by atoms with E-state index in [4.69, 9.17) is 0 Å². The Morgan fingerprint density at radius 3 is 2.55 bits per heavy atom. The summed E-state index contributed by atoms with van der Waals surface area (Å²) in [5, 5.41) is 9.26. The first-order valence-electron chi connectivity index (χ1n) is 4.62. The van der Waals surface area contributed by atoms with E-state index in [-0.39, 0.29) is 6.10 Å². The minimum atomic E-state index is -0.211. The van der Waals surface area contributed by atoms with Crippen molar-refractivity contribution in [3.8, 4) is 0 Å². The Morgan fingerprint density at radius 2 is 2.00 bits per heavy atom. The fourth-order valence-corrected chi connectivity index (χ4v) is 1.10. The SMILES string of the molecule is C/C=C/[C@@H](O)CCCCCC. The minimum Gasteiger partial charge on any atom is -0.389 e. The predicted molar refractivity (Wildman–Crippen MR) is 49.6 cm³/mol. The molecule has 66 valence electrons. The molecule has 0 spiro atoms. The summed E-state index contributed by atoms with van der Waals surface area (Å²) < 4.78 is 0. The highest BCUT2D eigenvalue weighted by Crippen LogP contribution is 2.05. The lowest BCUT2D eigenvalue weighted by atomic mass is 10.1. The topological polar surface area (TPSA) is 20.2 Å². The van der Waals surface area contributed by atoms with Crippen molar-refractivity contribution in [3.05, 3.63) is 12.2 Å². The number of hydrogen-bond acceptors (Lipinski definition) is 1. The molecule has 1 heteroatoms. The zero-order valence-electron chi connectivity index (χ0n) is 7.71. The predicted octanol–water partition coefficient (Wildman–Crippen LogP) is 2.89. The highest BCUT2D eigenvalue weighted by atomic mass is 16.3. The molecule has 1 nitrogen and oxygen atoms in total. The van der Waals surface area contributed by atoms with Gasteiger partial charge in [-0.2, -0.15) is 0 Å². The molecule has 0 aromatic carbocycles. The molecule has 0 aliphatic carbocycles. The summed E-state index contributed by atoms with van der Waals surface area (Å²) in [4.78, 5) is 0. The minimum absolute atomic E-state index is 0.211. The third-order valence-corrected chi connectivity index (χ3v) is 1.77. The van der Waals surface area contributed by atoms with Gasteiger partial charge in [-0.25, -0.2) is 0 Å². The number of rotatable bonds is 6. The Morgan fingerprint density at radius 1 is 1.27 bits per heavy atom. The lowest BCUT2D eigenvalue weighted by Gasteiger charge is -2.03. The zero-order chi connectivity index (χ0) is 8.53. The molecule has 0 saturated carbocycles. The second-order valence-electron chi connectivity index (χ2n) is 2.94. The van der Waals surface area contributed by atoms with Crippen LogP contribution in [0.25, 0.3) is 0 Å². The largest absolute Gasteiger partial charge is 0.389 e. The lowest BCUT2D eigenvalue weighted by molar-refractivity contribution is 0.208. The van der Waals surface area contributed by atoms with E-state index in [9.17, 15) is 5.11 Å². The van der Waals surface area contributed by atoms with Crippen molar-refractivity contribution in [2.24, 2.45) is 0 Å². The van der Waals surface area contributed by atoms with Crippen molar-refractivity contribution in [2.75, 3.05) is 0 Å². The van der Waals surface area contributed by atoms with E-state index in [1.54, 1.807) is 0 Å². The molecule has 0 saturated heterocycles. The smallest absolute Gasteiger partial charge is 0.0720 e. The molecule has 0 rings (SSSR count). The summed E-state index contributed by atoms with van der Waals surface area (Å²) in [5.41, 5.74) is 0. The monoisotopic (exact) mass is 156 g/mol. The molecule has 0 aliphatic rings. The molecule has 0 aromatic heterocycles. The standard InChI is InChI=1S/C10H20O/c1-3-5-6-7-9-10(11)8-4-2/h4,8,10-11H,3,5-7,9H2,1-2H3/b8-4+/t10-/m1/s1. The van der Waals surface area contributed by atoms with Gasteiger partial charge in [0.1, 0.15) is 0 Å². The second-order valence-corrected chi connectivity index (χ2v) is 2.94. The van der Waals surface area contributed by atoms with Gasteiger partial charge in [0, 0.05) is 0 Å². The van der Waals surface area contributed by atoms with Crippen LogP contribution in [0.1, 0.15) is 46.0 Å². The van der Waals surface area contributed by atoms with Crippen LogP contribution < -0.4 is 0 Å². The number of aliphatic hydroxyl groups is 1. The lowest BCUT2D eigenvalue weighted by Crippen LogP contribution is -2.00. The molecule has 0 unspecified atom stereocenters. The summed E-state index contributed by atoms with van der Waals surface area (Å²) in [5.74, 6) is 0. The highest BCUT2D eigenvalue weighted by molar-refractivity contribution is 4.84. The maximum absolute atomic E-state index is 9.26. The van der Waals surface area contributed by atoms with E-state index in [1.807, 2.05) is 19.1 Å². The van der Waals surface area contributed by atoms with Crippen molar-refractivity contribution in [1.82, 2.24) is 0 Å². The van der Waals surface area contributed by atoms with E-state index < -0.39 is 0 Å². The van der Waals surface area contributed by atoms with Gasteiger partial charge in [-0.3, -0.25) is 0 Å². The molecule has 0 radical (unpaired) electrons. The van der Waals surface area contributed by atoms with Crippen molar-refractivity contribution >= 4 is 0 Å². The molecule has 11 heavy (non-hydrogen) atoms. The van der Waals surface area contributed by atoms with Crippen LogP contribution in [-0.4, -0.2) is 11.2 Å². The summed E-state index contributed by atoms with van der Waals surface area (Å²) in [6.45, 7) is 4.14. The van der Waals surface area contributed by atoms with E-state index in [1.165, 1.54) is 19.3 Å². The van der Waals surface area contributed by atoms with Gasteiger partial charge < -0.3 is 5.11 Å². The molecule has 1 atom stereocenters. The van der Waals surface area contributed by atoms with Crippen LogP contribution in [0.15, 0.2) is 12.2 Å². The van der Waals surface area contributed by atoms with Gasteiger partial charge in [-0.1, -0.05) is 44.8 Å². The second kappa shape index (κ2) is 7.80. The third-order valence-electron chi connectivity index (χ3n) is 1.77. The van der Waals surface area contributed by atoms with E-state index in [2.05, 4.69) is 6.92 Å². The van der Waals surface area contributed by atoms with Crippen LogP contribution in [0.5, 0.6) is 0 Å². The van der Waals surface area contributed by atoms with Gasteiger partial charge in [-0.05, 0) is 13.3 Å². The van der Waals surface area contributed by atoms with E-state index in [0.29, 0.717) is 0 Å². The first kappa shape index (κ1) is 10.7. The molecule has 0 aromatic rings. The van der Waals surface area contributed by atoms with Gasteiger partial charge in [-0.15, -0.1) is 0 Å². The molecule has 0 amide bonds. The van der Waals surface area contributed by atoms with Gasteiger partial charge >= 0.3 is 0 Å². The normalized spacial score (nSPS) is 14.1. The number of hydrogen-bond donors (Lipinski definition) is 1. The fraction of sp³-hybridized carbons (Fsp3) is 0.800. The van der Waals surface area contributed by atoms with Crippen molar-refractivity contribution in [3.63, 3.8) is 0 Å². The Labute approximate surface area is 70.1 Å². The quantitative estimate of drug-likeness (QED) is 0.463. The molecular formula is C10H20O. The summed E-state index contributed by atoms with van der Waals surface area (Å²) >= 11 is 0. The van der Waals surface area contributed by atoms with E-state index >= 15 is 0 Å². The number of allylic oxidation sites excluding steroid dienone is 1. The summed E-state index contributed by atoms with van der Waals surface area (Å²) in [6, 6.07) is 0. The fourth-order valence-electron chi connectivity index (χ4n) is 1.10. The highest BCUT2D eigenvalue weighted by Gasteiger charge is 1.96. The molecule has 1 N–H and O–H groups in total. The maximum Gasteiger partial charge on any atom is 0.0720 e. The van der Waals surface area contributed by atoms with Crippen LogP contribution in [0.3, 0.4) is 0 Å². The molecule has 0 fully saturated rings. The Hall–Kier alpha value is -0.300. The van der Waals surface area contributed by atoms with Gasteiger partial charge in [0.2, 0.25) is 0 Å². The van der Waals surface area contributed by atoms with Crippen LogP contribution in [0, 0.1) is 0 Å². The van der Waals surface area contributed by atoms with Crippen LogP contribution in [0.4, 0.5) is 0 Å². The van der Waals surface area contributed by atoms with E-state index in [0.717, 1.165) is 12.8 Å². The van der Waals surface area contributed by atoms with Crippen LogP contribution in [0.2, 0.25) is 0 Å². The van der Waals surface area contributed by atoms with Gasteiger partial charge in [0.25, 0.3) is 0 Å². The van der Waals surface area contributed by atoms with Gasteiger partial charge in [0.15, 0.2) is 0 Å². The third kappa shape index (κ3) is 7.60. The van der Waals surface area contributed by atoms with Crippen molar-refractivity contribution in [2.45, 2.75) is 52.1 Å². The average Bonchev–Trinajstić information content (AvgIpc) is 1.99. The Kier molecular flexibility index (Phi) is 7.59. The van der Waals surface area contributed by atoms with Crippen molar-refractivity contribution in [1.29, 1.82) is 0 Å². The Bertz CT molecular complexity index is 97.0. The molecule has 0 bridgehead atoms. The maximum atomic E-state index is 9.26. The molecular weight excluding hydrogens is 136 g/mol.